The summed E-state index contributed by atoms with van der Waals surface area (Å²) in [5.41, 5.74) is 0.0788. The van der Waals surface area contributed by atoms with Gasteiger partial charge in [-0.05, 0) is 24.3 Å². The molecule has 0 aliphatic carbocycles. The molecule has 0 saturated carbocycles. The van der Waals surface area contributed by atoms with E-state index in [-0.39, 0.29) is 26.8 Å². The highest BCUT2D eigenvalue weighted by Crippen LogP contribution is 2.39. The summed E-state index contributed by atoms with van der Waals surface area (Å²) in [5, 5.41) is -0.296. The second-order valence-corrected chi connectivity index (χ2v) is 9.43. The van der Waals surface area contributed by atoms with Crippen LogP contribution in [0.5, 0.6) is 5.88 Å². The first kappa shape index (κ1) is 24.0. The van der Waals surface area contributed by atoms with E-state index in [1.54, 1.807) is 12.1 Å². The topological polar surface area (TPSA) is 99.0 Å². The number of halogens is 5. The largest absolute Gasteiger partial charge is 0.455 e. The van der Waals surface area contributed by atoms with Crippen molar-refractivity contribution in [3.8, 4) is 5.88 Å². The van der Waals surface area contributed by atoms with Crippen molar-refractivity contribution in [3.05, 3.63) is 70.7 Å². The average Bonchev–Trinajstić information content (AvgIpc) is 3.18. The Labute approximate surface area is 201 Å². The number of rotatable bonds is 6. The van der Waals surface area contributed by atoms with Crippen LogP contribution in [0.25, 0.3) is 11.0 Å². The van der Waals surface area contributed by atoms with E-state index in [2.05, 4.69) is 19.7 Å². The number of imidazole rings is 1. The van der Waals surface area contributed by atoms with Crippen molar-refractivity contribution in [1.29, 1.82) is 0 Å². The number of nitrogens with one attached hydrogen (secondary N) is 1. The lowest BCUT2D eigenvalue weighted by molar-refractivity contribution is -0.200. The second-order valence-electron chi connectivity index (χ2n) is 6.99. The van der Waals surface area contributed by atoms with E-state index in [0.717, 1.165) is 10.8 Å². The first-order valence-electron chi connectivity index (χ1n) is 9.40. The van der Waals surface area contributed by atoms with Crippen LogP contribution in [0.2, 0.25) is 10.0 Å². The van der Waals surface area contributed by atoms with Crippen LogP contribution in [0.3, 0.4) is 0 Å². The zero-order valence-electron chi connectivity index (χ0n) is 17.1. The molecule has 8 nitrogen and oxygen atoms in total. The smallest absolute Gasteiger partial charge is 0.431 e. The summed E-state index contributed by atoms with van der Waals surface area (Å²) < 4.78 is 76.2. The molecular formula is C20H14Cl2F3N5O3S. The Hall–Kier alpha value is -3.09. The van der Waals surface area contributed by atoms with Crippen molar-refractivity contribution >= 4 is 50.1 Å². The van der Waals surface area contributed by atoms with Gasteiger partial charge in [0.05, 0.1) is 39.3 Å². The van der Waals surface area contributed by atoms with Gasteiger partial charge in [0.15, 0.2) is 0 Å². The van der Waals surface area contributed by atoms with E-state index in [4.69, 9.17) is 27.9 Å². The molecule has 2 aromatic carbocycles. The maximum Gasteiger partial charge on any atom is 0.431 e. The Balaban J connectivity index is 1.84. The molecule has 14 heteroatoms. The van der Waals surface area contributed by atoms with Crippen LogP contribution < -0.4 is 9.46 Å². The molecule has 178 valence electrons. The highest BCUT2D eigenvalue weighted by molar-refractivity contribution is 7.92. The monoisotopic (exact) mass is 531 g/mol. The SMILES string of the molecule is Cn1cncc1C(Oc1nc2ccccc2nc1NS(=O)(=O)c1cccc(Cl)c1Cl)C(F)(F)F. The molecule has 34 heavy (non-hydrogen) atoms. The van der Waals surface area contributed by atoms with E-state index in [1.807, 2.05) is 0 Å². The average molecular weight is 532 g/mol. The van der Waals surface area contributed by atoms with Crippen molar-refractivity contribution in [3.63, 3.8) is 0 Å². The van der Waals surface area contributed by atoms with Crippen LogP contribution in [-0.2, 0) is 17.1 Å². The number of aryl methyl sites for hydroxylation is 1. The molecule has 0 bridgehead atoms. The van der Waals surface area contributed by atoms with Crippen LogP contribution in [0.1, 0.15) is 11.8 Å². The number of fused-ring (bicyclic) bond motifs is 1. The van der Waals surface area contributed by atoms with Gasteiger partial charge in [-0.3, -0.25) is 4.72 Å². The Morgan fingerprint density at radius 2 is 1.74 bits per heavy atom. The number of nitrogens with zero attached hydrogens (tertiary/aromatic N) is 4. The zero-order valence-corrected chi connectivity index (χ0v) is 19.4. The number of sulfonamides is 1. The minimum Gasteiger partial charge on any atom is -0.455 e. The van der Waals surface area contributed by atoms with Crippen LogP contribution in [0.4, 0.5) is 19.0 Å². The molecular weight excluding hydrogens is 518 g/mol. The van der Waals surface area contributed by atoms with Gasteiger partial charge in [0, 0.05) is 7.05 Å². The van der Waals surface area contributed by atoms with Gasteiger partial charge in [-0.15, -0.1) is 0 Å². The number of hydrogen-bond acceptors (Lipinski definition) is 6. The lowest BCUT2D eigenvalue weighted by Crippen LogP contribution is -2.29. The first-order valence-corrected chi connectivity index (χ1v) is 11.6. The van der Waals surface area contributed by atoms with Crippen molar-refractivity contribution in [2.45, 2.75) is 17.2 Å². The van der Waals surface area contributed by atoms with E-state index in [9.17, 15) is 21.6 Å². The number of aromatic nitrogens is 4. The number of hydrogen-bond donors (Lipinski definition) is 1. The number of ether oxygens (including phenoxy) is 1. The molecule has 0 aliphatic rings. The number of alkyl halides is 3. The molecule has 2 heterocycles. The highest BCUT2D eigenvalue weighted by atomic mass is 35.5. The van der Waals surface area contributed by atoms with E-state index >= 15 is 0 Å². The summed E-state index contributed by atoms with van der Waals surface area (Å²) in [7, 11) is -3.08. The normalized spacial score (nSPS) is 13.1. The Kier molecular flexibility index (Phi) is 6.32. The van der Waals surface area contributed by atoms with Gasteiger partial charge < -0.3 is 9.30 Å². The van der Waals surface area contributed by atoms with Crippen molar-refractivity contribution < 1.29 is 26.3 Å². The number of para-hydroxylation sites is 2. The molecule has 0 fully saturated rings. The predicted molar refractivity (Wildman–Crippen MR) is 119 cm³/mol. The molecule has 0 spiro atoms. The van der Waals surface area contributed by atoms with E-state index in [0.29, 0.717) is 0 Å². The molecule has 0 amide bonds. The van der Waals surface area contributed by atoms with E-state index < -0.39 is 38.9 Å². The lowest BCUT2D eigenvalue weighted by Gasteiger charge is -2.22. The quantitative estimate of drug-likeness (QED) is 0.369. The fraction of sp³-hybridized carbons (Fsp3) is 0.150. The standard InChI is InChI=1S/C20H14Cl2F3N5O3S/c1-30-10-26-9-14(30)17(20(23,24)25)33-19-18(27-12-6-2-3-7-13(12)28-19)29-34(31,32)15-8-4-5-11(21)16(15)22/h2-10,17H,1H3,(H,27,29). The Bertz CT molecular complexity index is 1480. The zero-order chi connectivity index (χ0) is 24.7. The van der Waals surface area contributed by atoms with Crippen LogP contribution in [-0.4, -0.2) is 34.1 Å². The molecule has 1 N–H and O–H groups in total. The van der Waals surface area contributed by atoms with Crippen LogP contribution in [0, 0.1) is 0 Å². The van der Waals surface area contributed by atoms with Gasteiger partial charge in [-0.25, -0.2) is 23.4 Å². The number of benzene rings is 2. The summed E-state index contributed by atoms with van der Waals surface area (Å²) >= 11 is 11.9. The van der Waals surface area contributed by atoms with Crippen LogP contribution in [0.15, 0.2) is 59.9 Å². The molecule has 0 aliphatic heterocycles. The molecule has 4 aromatic rings. The molecule has 2 aromatic heterocycles. The summed E-state index contributed by atoms with van der Waals surface area (Å²) in [4.78, 5) is 11.5. The van der Waals surface area contributed by atoms with Gasteiger partial charge >= 0.3 is 6.18 Å². The summed E-state index contributed by atoms with van der Waals surface area (Å²) in [6, 6.07) is 10.1. The predicted octanol–water partition coefficient (Wildman–Crippen LogP) is 5.15. The van der Waals surface area contributed by atoms with Crippen molar-refractivity contribution in [1.82, 2.24) is 19.5 Å². The molecule has 4 rings (SSSR count). The van der Waals surface area contributed by atoms with Gasteiger partial charge in [-0.2, -0.15) is 13.2 Å². The third-order valence-electron chi connectivity index (χ3n) is 4.62. The van der Waals surface area contributed by atoms with Crippen molar-refractivity contribution in [2.75, 3.05) is 4.72 Å². The summed E-state index contributed by atoms with van der Waals surface area (Å²) in [6.07, 6.45) is -5.22. The fourth-order valence-corrected chi connectivity index (χ4v) is 4.80. The Morgan fingerprint density at radius 3 is 2.35 bits per heavy atom. The first-order chi connectivity index (χ1) is 16.0. The van der Waals surface area contributed by atoms with Crippen LogP contribution >= 0.6 is 23.2 Å². The van der Waals surface area contributed by atoms with Crippen molar-refractivity contribution in [2.24, 2.45) is 7.05 Å². The fourth-order valence-electron chi connectivity index (χ4n) is 3.03. The maximum atomic E-state index is 13.9. The molecule has 1 unspecified atom stereocenters. The van der Waals surface area contributed by atoms with Gasteiger partial charge in [-0.1, -0.05) is 41.4 Å². The van der Waals surface area contributed by atoms with E-state index in [1.165, 1.54) is 43.7 Å². The summed E-state index contributed by atoms with van der Waals surface area (Å²) in [5.74, 6) is -1.25. The molecule has 0 radical (unpaired) electrons. The van der Waals surface area contributed by atoms with Gasteiger partial charge in [0.1, 0.15) is 4.90 Å². The summed E-state index contributed by atoms with van der Waals surface area (Å²) in [6.45, 7) is 0. The maximum absolute atomic E-state index is 13.9. The third-order valence-corrected chi connectivity index (χ3v) is 6.94. The highest BCUT2D eigenvalue weighted by Gasteiger charge is 2.45. The second kappa shape index (κ2) is 8.93. The third kappa shape index (κ3) is 4.74. The lowest BCUT2D eigenvalue weighted by atomic mass is 10.2. The minimum absolute atomic E-state index is 0.0287. The Morgan fingerprint density at radius 1 is 1.06 bits per heavy atom. The van der Waals surface area contributed by atoms with Gasteiger partial charge in [0.2, 0.25) is 11.9 Å². The minimum atomic E-state index is -4.88. The van der Waals surface area contributed by atoms with Gasteiger partial charge in [0.25, 0.3) is 15.9 Å². The number of anilines is 1. The molecule has 0 saturated heterocycles. The molecule has 1 atom stereocenters.